The number of carbonyl (C=O) groups is 1. The Morgan fingerprint density at radius 2 is 2.00 bits per heavy atom. The molecule has 0 aliphatic rings. The minimum absolute atomic E-state index is 0.0364. The van der Waals surface area contributed by atoms with Gasteiger partial charge in [-0.05, 0) is 26.0 Å². The highest BCUT2D eigenvalue weighted by molar-refractivity contribution is 8.00. The second-order valence-corrected chi connectivity index (χ2v) is 5.75. The van der Waals surface area contributed by atoms with Crippen molar-refractivity contribution in [1.29, 1.82) is 0 Å². The first-order chi connectivity index (χ1) is 8.55. The van der Waals surface area contributed by atoms with Crippen LogP contribution in [0.1, 0.15) is 33.6 Å². The lowest BCUT2D eigenvalue weighted by atomic mass is 10.0. The van der Waals surface area contributed by atoms with E-state index in [4.69, 9.17) is 4.74 Å². The average Bonchev–Trinajstić information content (AvgIpc) is 2.40. The van der Waals surface area contributed by atoms with Crippen molar-refractivity contribution in [3.63, 3.8) is 0 Å². The summed E-state index contributed by atoms with van der Waals surface area (Å²) in [5.74, 6) is 0.0364. The zero-order chi connectivity index (χ0) is 14.0. The number of ether oxygens (including phenoxy) is 1. The smallest absolute Gasteiger partial charge is 0.236 e. The van der Waals surface area contributed by atoms with E-state index in [9.17, 15) is 4.79 Å². The topological polar surface area (TPSA) is 50.4 Å². The lowest BCUT2D eigenvalue weighted by Crippen LogP contribution is -2.48. The second-order valence-electron chi connectivity index (χ2n) is 4.48. The minimum Gasteiger partial charge on any atom is -0.383 e. The molecule has 108 valence electrons. The Morgan fingerprint density at radius 3 is 2.44 bits per heavy atom. The molecule has 0 aromatic heterocycles. The number of nitrogens with one attached hydrogen (secondary N) is 2. The Bertz CT molecular complexity index is 225. The van der Waals surface area contributed by atoms with Crippen molar-refractivity contribution in [2.45, 2.75) is 44.4 Å². The average molecular weight is 276 g/mol. The highest BCUT2D eigenvalue weighted by Crippen LogP contribution is 2.29. The Balaban J connectivity index is 4.07. The fraction of sp³-hybridized carbons (Fsp3) is 0.923. The third-order valence-electron chi connectivity index (χ3n) is 3.45. The van der Waals surface area contributed by atoms with Crippen LogP contribution < -0.4 is 10.6 Å². The summed E-state index contributed by atoms with van der Waals surface area (Å²) in [6, 6.07) is -0.161. The van der Waals surface area contributed by atoms with Gasteiger partial charge in [0.15, 0.2) is 0 Å². The molecule has 18 heavy (non-hydrogen) atoms. The molecule has 1 atom stereocenters. The molecule has 0 heterocycles. The van der Waals surface area contributed by atoms with E-state index in [1.807, 2.05) is 18.7 Å². The van der Waals surface area contributed by atoms with Crippen LogP contribution in [-0.4, -0.2) is 49.8 Å². The van der Waals surface area contributed by atoms with E-state index in [1.54, 1.807) is 7.11 Å². The maximum Gasteiger partial charge on any atom is 0.236 e. The van der Waals surface area contributed by atoms with Gasteiger partial charge in [0.1, 0.15) is 0 Å². The highest BCUT2D eigenvalue weighted by atomic mass is 32.2. The second kappa shape index (κ2) is 9.64. The molecule has 4 nitrogen and oxygen atoms in total. The standard InChI is InChI=1S/C13H28N2O2S/c1-6-13(7-2,18-5)10-15-11(3)12(16)14-8-9-17-4/h11,15H,6-10H2,1-5H3,(H,14,16). The summed E-state index contributed by atoms with van der Waals surface area (Å²) < 4.78 is 5.14. The maximum atomic E-state index is 11.8. The molecule has 0 fully saturated rings. The molecule has 0 aromatic carbocycles. The summed E-state index contributed by atoms with van der Waals surface area (Å²) >= 11 is 1.88. The first-order valence-corrected chi connectivity index (χ1v) is 7.82. The summed E-state index contributed by atoms with van der Waals surface area (Å²) in [5, 5.41) is 6.17. The van der Waals surface area contributed by atoms with Crippen LogP contribution in [0.4, 0.5) is 0 Å². The van der Waals surface area contributed by atoms with Crippen LogP contribution in [0.15, 0.2) is 0 Å². The van der Waals surface area contributed by atoms with Gasteiger partial charge in [-0.15, -0.1) is 0 Å². The number of hydrogen-bond acceptors (Lipinski definition) is 4. The summed E-state index contributed by atoms with van der Waals surface area (Å²) in [6.45, 7) is 8.28. The number of carbonyl (C=O) groups excluding carboxylic acids is 1. The Labute approximate surface area is 116 Å². The molecule has 0 radical (unpaired) electrons. The molecule has 0 rings (SSSR count). The third kappa shape index (κ3) is 6.07. The van der Waals surface area contributed by atoms with Crippen molar-refractivity contribution in [2.24, 2.45) is 0 Å². The van der Waals surface area contributed by atoms with Gasteiger partial charge in [-0.3, -0.25) is 4.79 Å². The van der Waals surface area contributed by atoms with Gasteiger partial charge in [0.05, 0.1) is 12.6 Å². The quantitative estimate of drug-likeness (QED) is 0.596. The molecule has 0 bridgehead atoms. The maximum absolute atomic E-state index is 11.8. The van der Waals surface area contributed by atoms with Gasteiger partial charge in [0.2, 0.25) is 5.91 Å². The Kier molecular flexibility index (Phi) is 9.50. The molecule has 0 saturated carbocycles. The van der Waals surface area contributed by atoms with Crippen molar-refractivity contribution in [1.82, 2.24) is 10.6 Å². The summed E-state index contributed by atoms with van der Waals surface area (Å²) in [6.07, 6.45) is 4.35. The van der Waals surface area contributed by atoms with Crippen molar-refractivity contribution in [2.75, 3.05) is 33.1 Å². The zero-order valence-corrected chi connectivity index (χ0v) is 13.2. The molecule has 0 aliphatic carbocycles. The van der Waals surface area contributed by atoms with Crippen LogP contribution in [-0.2, 0) is 9.53 Å². The molecule has 2 N–H and O–H groups in total. The molecule has 5 heteroatoms. The van der Waals surface area contributed by atoms with Gasteiger partial charge in [0.25, 0.3) is 0 Å². The van der Waals surface area contributed by atoms with Gasteiger partial charge < -0.3 is 15.4 Å². The van der Waals surface area contributed by atoms with Crippen LogP contribution in [0.5, 0.6) is 0 Å². The van der Waals surface area contributed by atoms with E-state index < -0.39 is 0 Å². The van der Waals surface area contributed by atoms with Crippen LogP contribution >= 0.6 is 11.8 Å². The largest absolute Gasteiger partial charge is 0.383 e. The highest BCUT2D eigenvalue weighted by Gasteiger charge is 2.26. The lowest BCUT2D eigenvalue weighted by molar-refractivity contribution is -0.122. The summed E-state index contributed by atoms with van der Waals surface area (Å²) in [7, 11) is 1.63. The number of rotatable bonds is 10. The normalized spacial score (nSPS) is 13.4. The molecular weight excluding hydrogens is 248 g/mol. The van der Waals surface area contributed by atoms with Crippen LogP contribution in [0.2, 0.25) is 0 Å². The minimum atomic E-state index is -0.161. The van der Waals surface area contributed by atoms with Crippen molar-refractivity contribution in [3.05, 3.63) is 0 Å². The van der Waals surface area contributed by atoms with E-state index in [1.165, 1.54) is 0 Å². The van der Waals surface area contributed by atoms with Crippen molar-refractivity contribution >= 4 is 17.7 Å². The van der Waals surface area contributed by atoms with Crippen molar-refractivity contribution in [3.8, 4) is 0 Å². The predicted octanol–water partition coefficient (Wildman–Crippen LogP) is 1.65. The number of thioether (sulfide) groups is 1. The molecule has 0 saturated heterocycles. The predicted molar refractivity (Wildman–Crippen MR) is 79.2 cm³/mol. The van der Waals surface area contributed by atoms with Crippen LogP contribution in [0.25, 0.3) is 0 Å². The fourth-order valence-electron chi connectivity index (χ4n) is 1.72. The van der Waals surface area contributed by atoms with E-state index >= 15 is 0 Å². The lowest BCUT2D eigenvalue weighted by Gasteiger charge is -2.31. The van der Waals surface area contributed by atoms with E-state index in [2.05, 4.69) is 30.7 Å². The molecule has 0 aromatic rings. The van der Waals surface area contributed by atoms with Gasteiger partial charge in [-0.1, -0.05) is 13.8 Å². The van der Waals surface area contributed by atoms with Gasteiger partial charge in [-0.25, -0.2) is 0 Å². The number of hydrogen-bond donors (Lipinski definition) is 2. The molecular formula is C13H28N2O2S. The van der Waals surface area contributed by atoms with Crippen molar-refractivity contribution < 1.29 is 9.53 Å². The van der Waals surface area contributed by atoms with E-state index in [0.29, 0.717) is 13.2 Å². The molecule has 0 spiro atoms. The fourth-order valence-corrected chi connectivity index (χ4v) is 2.53. The first-order valence-electron chi connectivity index (χ1n) is 6.60. The summed E-state index contributed by atoms with van der Waals surface area (Å²) in [5.41, 5.74) is 0. The van der Waals surface area contributed by atoms with Crippen LogP contribution in [0, 0.1) is 0 Å². The Morgan fingerprint density at radius 1 is 1.39 bits per heavy atom. The Hall–Kier alpha value is -0.260. The van der Waals surface area contributed by atoms with Gasteiger partial charge in [0, 0.05) is 24.9 Å². The monoisotopic (exact) mass is 276 g/mol. The number of amides is 1. The van der Waals surface area contributed by atoms with Gasteiger partial charge >= 0.3 is 0 Å². The van der Waals surface area contributed by atoms with E-state index in [-0.39, 0.29) is 16.7 Å². The van der Waals surface area contributed by atoms with Gasteiger partial charge in [-0.2, -0.15) is 11.8 Å². The van der Waals surface area contributed by atoms with Crippen LogP contribution in [0.3, 0.4) is 0 Å². The first kappa shape index (κ1) is 17.7. The summed E-state index contributed by atoms with van der Waals surface area (Å²) in [4.78, 5) is 11.8. The third-order valence-corrected chi connectivity index (χ3v) is 5.04. The molecule has 0 aliphatic heterocycles. The zero-order valence-electron chi connectivity index (χ0n) is 12.3. The van der Waals surface area contributed by atoms with E-state index in [0.717, 1.165) is 19.4 Å². The molecule has 1 amide bonds. The molecule has 1 unspecified atom stereocenters. The SMILES string of the molecule is CCC(CC)(CNC(C)C(=O)NCCOC)SC. The number of methoxy groups -OCH3 is 1.